The fraction of sp³-hybridized carbons (Fsp3) is 0.350. The Morgan fingerprint density at radius 2 is 1.83 bits per heavy atom. The second-order valence-electron chi connectivity index (χ2n) is 7.15. The van der Waals surface area contributed by atoms with E-state index in [1.54, 1.807) is 17.0 Å². The van der Waals surface area contributed by atoms with Gasteiger partial charge >= 0.3 is 6.09 Å². The van der Waals surface area contributed by atoms with Crippen molar-refractivity contribution in [2.45, 2.75) is 32.8 Å². The largest absolute Gasteiger partial charge is 0.508 e. The van der Waals surface area contributed by atoms with Gasteiger partial charge in [-0.15, -0.1) is 0 Å². The molecule has 1 aliphatic rings. The van der Waals surface area contributed by atoms with Gasteiger partial charge < -0.3 is 14.7 Å². The lowest BCUT2D eigenvalue weighted by molar-refractivity contribution is 0.0270. The van der Waals surface area contributed by atoms with E-state index >= 15 is 0 Å². The van der Waals surface area contributed by atoms with Crippen LogP contribution >= 0.6 is 0 Å². The minimum atomic E-state index is -0.467. The number of hydrogen-bond acceptors (Lipinski definition) is 3. The summed E-state index contributed by atoms with van der Waals surface area (Å²) in [5.74, 6) is 0.278. The number of phenols is 1. The number of carbonyl (C=O) groups excluding carboxylic acids is 1. The van der Waals surface area contributed by atoms with Crippen LogP contribution in [0.2, 0.25) is 0 Å². The number of rotatable bonds is 1. The third-order valence-corrected chi connectivity index (χ3v) is 4.06. The van der Waals surface area contributed by atoms with E-state index in [1.807, 2.05) is 32.9 Å². The molecule has 4 heteroatoms. The topological polar surface area (TPSA) is 49.8 Å². The molecule has 2 aromatic rings. The third-order valence-electron chi connectivity index (χ3n) is 4.06. The van der Waals surface area contributed by atoms with Crippen molar-refractivity contribution in [1.29, 1.82) is 0 Å². The highest BCUT2D eigenvalue weighted by atomic mass is 16.6. The lowest BCUT2D eigenvalue weighted by Gasteiger charge is -2.29. The molecule has 0 bridgehead atoms. The summed E-state index contributed by atoms with van der Waals surface area (Å²) in [6, 6.07) is 11.6. The van der Waals surface area contributed by atoms with Crippen LogP contribution in [0.15, 0.2) is 42.5 Å². The van der Waals surface area contributed by atoms with Gasteiger partial charge in [0.2, 0.25) is 0 Å². The van der Waals surface area contributed by atoms with Gasteiger partial charge in [0.15, 0.2) is 0 Å². The number of hydrogen-bond donors (Lipinski definition) is 1. The molecule has 1 aliphatic heterocycles. The van der Waals surface area contributed by atoms with Gasteiger partial charge in [0, 0.05) is 13.1 Å². The van der Waals surface area contributed by atoms with Gasteiger partial charge in [0.1, 0.15) is 11.4 Å². The Morgan fingerprint density at radius 1 is 1.12 bits per heavy atom. The highest BCUT2D eigenvalue weighted by Gasteiger charge is 2.23. The van der Waals surface area contributed by atoms with Crippen LogP contribution in [0.5, 0.6) is 5.75 Å². The lowest BCUT2D eigenvalue weighted by Crippen LogP contribution is -2.39. The molecule has 0 fully saturated rings. The van der Waals surface area contributed by atoms with E-state index in [-0.39, 0.29) is 11.8 Å². The average molecular weight is 325 g/mol. The first kappa shape index (κ1) is 16.4. The molecule has 126 valence electrons. The Labute approximate surface area is 142 Å². The lowest BCUT2D eigenvalue weighted by atomic mass is 9.97. The maximum Gasteiger partial charge on any atom is 0.410 e. The van der Waals surface area contributed by atoms with Crippen LogP contribution < -0.4 is 0 Å². The quantitative estimate of drug-likeness (QED) is 0.835. The number of phenolic OH excluding ortho intramolecular Hbond substituents is 1. The van der Waals surface area contributed by atoms with E-state index < -0.39 is 5.60 Å². The van der Waals surface area contributed by atoms with Gasteiger partial charge in [-0.05, 0) is 67.3 Å². The fourth-order valence-electron chi connectivity index (χ4n) is 2.86. The van der Waals surface area contributed by atoms with E-state index in [4.69, 9.17) is 4.74 Å². The van der Waals surface area contributed by atoms with E-state index in [0.29, 0.717) is 13.1 Å². The van der Waals surface area contributed by atoms with Gasteiger partial charge in [-0.25, -0.2) is 4.79 Å². The molecule has 1 amide bonds. The first-order valence-electron chi connectivity index (χ1n) is 8.22. The zero-order chi connectivity index (χ0) is 17.3. The maximum atomic E-state index is 12.1. The number of fused-ring (bicyclic) bond motifs is 1. The summed E-state index contributed by atoms with van der Waals surface area (Å²) in [4.78, 5) is 13.8. The van der Waals surface area contributed by atoms with Crippen molar-refractivity contribution in [3.05, 3.63) is 48.0 Å². The Bertz CT molecular complexity index is 802. The van der Waals surface area contributed by atoms with Gasteiger partial charge in [0.25, 0.3) is 0 Å². The average Bonchev–Trinajstić information content (AvgIpc) is 2.53. The number of aromatic hydroxyl groups is 1. The molecule has 4 nitrogen and oxygen atoms in total. The fourth-order valence-corrected chi connectivity index (χ4v) is 2.86. The molecule has 0 saturated heterocycles. The molecular formula is C20H23NO3. The van der Waals surface area contributed by atoms with Crippen molar-refractivity contribution in [2.24, 2.45) is 0 Å². The van der Waals surface area contributed by atoms with Crippen molar-refractivity contribution in [2.75, 3.05) is 13.1 Å². The molecule has 1 N–H and O–H groups in total. The number of benzene rings is 2. The van der Waals surface area contributed by atoms with Crippen LogP contribution in [0.3, 0.4) is 0 Å². The van der Waals surface area contributed by atoms with Gasteiger partial charge in [-0.2, -0.15) is 0 Å². The monoisotopic (exact) mass is 325 g/mol. The van der Waals surface area contributed by atoms with Gasteiger partial charge in [-0.1, -0.05) is 24.3 Å². The second-order valence-corrected chi connectivity index (χ2v) is 7.15. The molecule has 0 saturated carbocycles. The van der Waals surface area contributed by atoms with Gasteiger partial charge in [0.05, 0.1) is 0 Å². The highest BCUT2D eigenvalue weighted by Crippen LogP contribution is 2.28. The molecule has 0 aromatic heterocycles. The SMILES string of the molecule is CC(C)(C)OC(=O)N1CC=C(c2ccc3cc(O)ccc3c2)CC1. The van der Waals surface area contributed by atoms with Crippen molar-refractivity contribution < 1.29 is 14.6 Å². The van der Waals surface area contributed by atoms with Crippen LogP contribution in [0.1, 0.15) is 32.8 Å². The summed E-state index contributed by atoms with van der Waals surface area (Å²) >= 11 is 0. The third kappa shape index (κ3) is 3.70. The van der Waals surface area contributed by atoms with E-state index in [9.17, 15) is 9.90 Å². The van der Waals surface area contributed by atoms with E-state index in [2.05, 4.69) is 18.2 Å². The molecule has 24 heavy (non-hydrogen) atoms. The van der Waals surface area contributed by atoms with Crippen LogP contribution in [-0.2, 0) is 4.74 Å². The van der Waals surface area contributed by atoms with E-state index in [1.165, 1.54) is 5.57 Å². The number of amides is 1. The molecule has 0 aliphatic carbocycles. The van der Waals surface area contributed by atoms with Crippen LogP contribution in [-0.4, -0.2) is 34.8 Å². The number of carbonyl (C=O) groups is 1. The molecule has 0 unspecified atom stereocenters. The summed E-state index contributed by atoms with van der Waals surface area (Å²) in [7, 11) is 0. The smallest absolute Gasteiger partial charge is 0.410 e. The molecule has 3 rings (SSSR count). The van der Waals surface area contributed by atoms with Crippen LogP contribution in [0.4, 0.5) is 4.79 Å². The van der Waals surface area contributed by atoms with Crippen LogP contribution in [0.25, 0.3) is 16.3 Å². The molecule has 0 atom stereocenters. The summed E-state index contributed by atoms with van der Waals surface area (Å²) < 4.78 is 5.42. The van der Waals surface area contributed by atoms with Gasteiger partial charge in [-0.3, -0.25) is 0 Å². The maximum absolute atomic E-state index is 12.1. The minimum absolute atomic E-state index is 0.258. The van der Waals surface area contributed by atoms with Crippen molar-refractivity contribution in [1.82, 2.24) is 4.90 Å². The van der Waals surface area contributed by atoms with Crippen molar-refractivity contribution in [3.8, 4) is 5.75 Å². The predicted octanol–water partition coefficient (Wildman–Crippen LogP) is 4.57. The Morgan fingerprint density at radius 3 is 2.50 bits per heavy atom. The van der Waals surface area contributed by atoms with Crippen molar-refractivity contribution >= 4 is 22.4 Å². The Kier molecular flexibility index (Phi) is 4.22. The second kappa shape index (κ2) is 6.19. The standard InChI is InChI=1S/C20H23NO3/c1-20(2,3)24-19(23)21-10-8-14(9-11-21)15-4-5-17-13-18(22)7-6-16(17)12-15/h4-8,12-13,22H,9-11H2,1-3H3. The van der Waals surface area contributed by atoms with Crippen molar-refractivity contribution in [3.63, 3.8) is 0 Å². The highest BCUT2D eigenvalue weighted by molar-refractivity contribution is 5.87. The normalized spacial score (nSPS) is 15.3. The molecule has 1 heterocycles. The summed E-state index contributed by atoms with van der Waals surface area (Å²) in [5, 5.41) is 11.7. The molecule has 2 aromatic carbocycles. The van der Waals surface area contributed by atoms with E-state index in [0.717, 1.165) is 22.8 Å². The number of ether oxygens (including phenoxy) is 1. The zero-order valence-corrected chi connectivity index (χ0v) is 14.4. The summed E-state index contributed by atoms with van der Waals surface area (Å²) in [6.07, 6.45) is 2.64. The zero-order valence-electron chi connectivity index (χ0n) is 14.4. The minimum Gasteiger partial charge on any atom is -0.508 e. The molecule has 0 spiro atoms. The number of nitrogens with zero attached hydrogens (tertiary/aromatic N) is 1. The first-order valence-corrected chi connectivity index (χ1v) is 8.22. The molecule has 0 radical (unpaired) electrons. The van der Waals surface area contributed by atoms with Crippen LogP contribution in [0, 0.1) is 0 Å². The summed E-state index contributed by atoms with van der Waals surface area (Å²) in [6.45, 7) is 6.86. The first-order chi connectivity index (χ1) is 11.3. The summed E-state index contributed by atoms with van der Waals surface area (Å²) in [5.41, 5.74) is 1.94. The molecular weight excluding hydrogens is 302 g/mol. The Hall–Kier alpha value is -2.49. The Balaban J connectivity index is 1.75. The predicted molar refractivity (Wildman–Crippen MR) is 96.0 cm³/mol.